The molecule has 7 heteroatoms. The van der Waals surface area contributed by atoms with Crippen molar-refractivity contribution in [2.45, 2.75) is 0 Å². The quantitative estimate of drug-likeness (QED) is 0.604. The summed E-state index contributed by atoms with van der Waals surface area (Å²) in [6, 6.07) is 12.7. The van der Waals surface area contributed by atoms with E-state index in [4.69, 9.17) is 16.3 Å². The molecule has 4 nitrogen and oxygen atoms in total. The summed E-state index contributed by atoms with van der Waals surface area (Å²) in [5.41, 5.74) is 2.14. The lowest BCUT2D eigenvalue weighted by atomic mass is 10.2. The minimum absolute atomic E-state index is 0.295. The summed E-state index contributed by atoms with van der Waals surface area (Å²) in [5, 5.41) is 5.57. The van der Waals surface area contributed by atoms with E-state index in [0.717, 1.165) is 21.5 Å². The molecule has 0 fully saturated rings. The van der Waals surface area contributed by atoms with Crippen molar-refractivity contribution in [2.24, 2.45) is 0 Å². The van der Waals surface area contributed by atoms with Crippen molar-refractivity contribution in [3.05, 3.63) is 62.9 Å². The number of methoxy groups -OCH3 is 1. The van der Waals surface area contributed by atoms with Crippen LogP contribution in [0.2, 0.25) is 5.02 Å². The minimum atomic E-state index is -0.295. The summed E-state index contributed by atoms with van der Waals surface area (Å²) in [6.07, 6.45) is 0. The van der Waals surface area contributed by atoms with Crippen LogP contribution in [0.1, 0.15) is 10.4 Å². The number of hydrogen-bond donors (Lipinski definition) is 1. The van der Waals surface area contributed by atoms with Crippen molar-refractivity contribution < 1.29 is 9.53 Å². The fourth-order valence-corrected chi connectivity index (χ4v) is 3.34. The van der Waals surface area contributed by atoms with Gasteiger partial charge in [-0.2, -0.15) is 0 Å². The Bertz CT molecular complexity index is 881. The average molecular weight is 424 g/mol. The van der Waals surface area contributed by atoms with E-state index in [1.165, 1.54) is 11.3 Å². The number of halogens is 2. The van der Waals surface area contributed by atoms with Gasteiger partial charge in [-0.1, -0.05) is 27.5 Å². The minimum Gasteiger partial charge on any atom is -0.497 e. The molecule has 0 saturated carbocycles. The lowest BCUT2D eigenvalue weighted by Crippen LogP contribution is -2.12. The Morgan fingerprint density at radius 3 is 2.71 bits per heavy atom. The number of ether oxygens (including phenoxy) is 1. The number of thiazole rings is 1. The molecule has 0 spiro atoms. The first-order valence-electron chi connectivity index (χ1n) is 6.93. The molecule has 1 aromatic heterocycles. The highest BCUT2D eigenvalue weighted by Gasteiger charge is 2.13. The van der Waals surface area contributed by atoms with Crippen molar-refractivity contribution in [1.82, 2.24) is 4.98 Å². The molecule has 122 valence electrons. The highest BCUT2D eigenvalue weighted by Crippen LogP contribution is 2.28. The van der Waals surface area contributed by atoms with Gasteiger partial charge in [0.2, 0.25) is 0 Å². The average Bonchev–Trinajstić information content (AvgIpc) is 3.05. The highest BCUT2D eigenvalue weighted by molar-refractivity contribution is 9.10. The number of hydrogen-bond acceptors (Lipinski definition) is 4. The first-order valence-corrected chi connectivity index (χ1v) is 8.98. The summed E-state index contributed by atoms with van der Waals surface area (Å²) in [5.74, 6) is 0.490. The fourth-order valence-electron chi connectivity index (χ4n) is 2.06. The van der Waals surface area contributed by atoms with Gasteiger partial charge in [-0.3, -0.25) is 10.1 Å². The SMILES string of the molecule is COc1ccc(-c2csc(NC(=O)c3cc(Br)ccc3Cl)n2)cc1. The number of anilines is 1. The van der Waals surface area contributed by atoms with Crippen LogP contribution in [-0.2, 0) is 0 Å². The smallest absolute Gasteiger partial charge is 0.258 e. The molecule has 0 aliphatic carbocycles. The van der Waals surface area contributed by atoms with Gasteiger partial charge in [0.05, 0.1) is 23.4 Å². The third kappa shape index (κ3) is 3.77. The molecule has 0 atom stereocenters. The van der Waals surface area contributed by atoms with E-state index in [1.807, 2.05) is 29.6 Å². The summed E-state index contributed by atoms with van der Waals surface area (Å²) in [6.45, 7) is 0. The summed E-state index contributed by atoms with van der Waals surface area (Å²) in [7, 11) is 1.62. The normalized spacial score (nSPS) is 10.5. The van der Waals surface area contributed by atoms with E-state index in [9.17, 15) is 4.79 Å². The highest BCUT2D eigenvalue weighted by atomic mass is 79.9. The van der Waals surface area contributed by atoms with Crippen LogP contribution in [0.4, 0.5) is 5.13 Å². The van der Waals surface area contributed by atoms with E-state index in [-0.39, 0.29) is 5.91 Å². The summed E-state index contributed by atoms with van der Waals surface area (Å²) >= 11 is 10.8. The molecule has 0 aliphatic rings. The number of carbonyl (C=O) groups is 1. The second-order valence-corrected chi connectivity index (χ2v) is 7.03. The number of carbonyl (C=O) groups excluding carboxylic acids is 1. The molecule has 3 rings (SSSR count). The molecule has 0 radical (unpaired) electrons. The van der Waals surface area contributed by atoms with Crippen LogP contribution < -0.4 is 10.1 Å². The van der Waals surface area contributed by atoms with Gasteiger partial charge in [0, 0.05) is 15.4 Å². The Hall–Kier alpha value is -1.89. The zero-order chi connectivity index (χ0) is 17.1. The molecule has 1 heterocycles. The van der Waals surface area contributed by atoms with Crippen LogP contribution in [0.15, 0.2) is 52.3 Å². The maximum absolute atomic E-state index is 12.4. The first-order chi connectivity index (χ1) is 11.6. The van der Waals surface area contributed by atoms with Crippen molar-refractivity contribution in [3.63, 3.8) is 0 Å². The standard InChI is InChI=1S/C17H12BrClN2O2S/c1-23-12-5-2-10(3-6-12)15-9-24-17(20-15)21-16(22)13-8-11(18)4-7-14(13)19/h2-9H,1H3,(H,20,21,22). The van der Waals surface area contributed by atoms with Gasteiger partial charge in [0.15, 0.2) is 5.13 Å². The van der Waals surface area contributed by atoms with Crippen molar-refractivity contribution in [2.75, 3.05) is 12.4 Å². The molecule has 0 bridgehead atoms. The Labute approximate surface area is 156 Å². The number of nitrogens with one attached hydrogen (secondary N) is 1. The van der Waals surface area contributed by atoms with Crippen molar-refractivity contribution in [1.29, 1.82) is 0 Å². The van der Waals surface area contributed by atoms with Gasteiger partial charge in [-0.05, 0) is 42.5 Å². The molecule has 0 unspecified atom stereocenters. The number of rotatable bonds is 4. The van der Waals surface area contributed by atoms with Crippen LogP contribution >= 0.6 is 38.9 Å². The lowest BCUT2D eigenvalue weighted by Gasteiger charge is -2.04. The van der Waals surface area contributed by atoms with Crippen LogP contribution in [0.25, 0.3) is 11.3 Å². The van der Waals surface area contributed by atoms with E-state index in [1.54, 1.807) is 25.3 Å². The monoisotopic (exact) mass is 422 g/mol. The summed E-state index contributed by atoms with van der Waals surface area (Å²) in [4.78, 5) is 16.8. The first kappa shape index (κ1) is 17.0. The topological polar surface area (TPSA) is 51.2 Å². The van der Waals surface area contributed by atoms with E-state index >= 15 is 0 Å². The predicted octanol–water partition coefficient (Wildman–Crippen LogP) is 5.49. The molecule has 1 amide bonds. The zero-order valence-corrected chi connectivity index (χ0v) is 15.7. The van der Waals surface area contributed by atoms with E-state index in [0.29, 0.717) is 15.7 Å². The largest absolute Gasteiger partial charge is 0.497 e. The van der Waals surface area contributed by atoms with Crippen molar-refractivity contribution in [3.8, 4) is 17.0 Å². The van der Waals surface area contributed by atoms with Gasteiger partial charge < -0.3 is 4.74 Å². The molecule has 0 aliphatic heterocycles. The van der Waals surface area contributed by atoms with Crippen LogP contribution in [-0.4, -0.2) is 18.0 Å². The Morgan fingerprint density at radius 1 is 1.25 bits per heavy atom. The number of benzene rings is 2. The van der Waals surface area contributed by atoms with Crippen LogP contribution in [0.3, 0.4) is 0 Å². The molecule has 24 heavy (non-hydrogen) atoms. The van der Waals surface area contributed by atoms with E-state index in [2.05, 4.69) is 26.2 Å². The number of amides is 1. The second-order valence-electron chi connectivity index (χ2n) is 4.84. The van der Waals surface area contributed by atoms with Gasteiger partial charge >= 0.3 is 0 Å². The third-order valence-corrected chi connectivity index (χ3v) is 4.86. The predicted molar refractivity (Wildman–Crippen MR) is 101 cm³/mol. The number of nitrogens with zero attached hydrogens (tertiary/aromatic N) is 1. The van der Waals surface area contributed by atoms with Crippen LogP contribution in [0, 0.1) is 0 Å². The fraction of sp³-hybridized carbons (Fsp3) is 0.0588. The van der Waals surface area contributed by atoms with Gasteiger partial charge in [-0.15, -0.1) is 11.3 Å². The molecule has 2 aromatic carbocycles. The Kier molecular flexibility index (Phi) is 5.18. The van der Waals surface area contributed by atoms with Gasteiger partial charge in [-0.25, -0.2) is 4.98 Å². The van der Waals surface area contributed by atoms with Gasteiger partial charge in [0.1, 0.15) is 5.75 Å². The second kappa shape index (κ2) is 7.34. The molecule has 3 aromatic rings. The molecule has 0 saturated heterocycles. The Morgan fingerprint density at radius 2 is 2.00 bits per heavy atom. The summed E-state index contributed by atoms with van der Waals surface area (Å²) < 4.78 is 5.93. The van der Waals surface area contributed by atoms with Crippen LogP contribution in [0.5, 0.6) is 5.75 Å². The maximum atomic E-state index is 12.4. The molecule has 1 N–H and O–H groups in total. The van der Waals surface area contributed by atoms with Crippen molar-refractivity contribution >= 4 is 49.9 Å². The third-order valence-electron chi connectivity index (χ3n) is 3.28. The zero-order valence-electron chi connectivity index (χ0n) is 12.5. The van der Waals surface area contributed by atoms with E-state index < -0.39 is 0 Å². The Balaban J connectivity index is 1.78. The molecular formula is C17H12BrClN2O2S. The van der Waals surface area contributed by atoms with Gasteiger partial charge in [0.25, 0.3) is 5.91 Å². The molecular weight excluding hydrogens is 412 g/mol. The number of aromatic nitrogens is 1. The maximum Gasteiger partial charge on any atom is 0.258 e. The lowest BCUT2D eigenvalue weighted by molar-refractivity contribution is 0.102.